The van der Waals surface area contributed by atoms with E-state index in [9.17, 15) is 19.2 Å². The van der Waals surface area contributed by atoms with Crippen molar-refractivity contribution >= 4 is 17.6 Å². The van der Waals surface area contributed by atoms with Gasteiger partial charge in [0, 0.05) is 18.8 Å². The summed E-state index contributed by atoms with van der Waals surface area (Å²) in [6, 6.07) is 8.00. The van der Waals surface area contributed by atoms with Crippen molar-refractivity contribution in [1.82, 2.24) is 9.55 Å². The van der Waals surface area contributed by atoms with E-state index in [1.807, 2.05) is 0 Å². The highest BCUT2D eigenvalue weighted by Crippen LogP contribution is 2.22. The smallest absolute Gasteiger partial charge is 0.328 e. The standard InChI is InChI=1S/C16H17N3O6/c1-24-12-5-3-2-4-11(12)17-14(21)10-25-15(22)7-9-19-8-6-13(20)18-16(19)23/h2-6,8H,7,9-10H2,1H3,(H,17,21)(H,18,20,23). The van der Waals surface area contributed by atoms with Crippen LogP contribution in [-0.2, 0) is 20.9 Å². The van der Waals surface area contributed by atoms with Crippen LogP contribution >= 0.6 is 0 Å². The van der Waals surface area contributed by atoms with Crippen LogP contribution in [0.5, 0.6) is 5.75 Å². The predicted molar refractivity (Wildman–Crippen MR) is 88.5 cm³/mol. The Bertz CT molecular complexity index is 870. The summed E-state index contributed by atoms with van der Waals surface area (Å²) in [6.45, 7) is -0.431. The van der Waals surface area contributed by atoms with Gasteiger partial charge in [-0.2, -0.15) is 0 Å². The van der Waals surface area contributed by atoms with Gasteiger partial charge in [0.05, 0.1) is 19.2 Å². The molecule has 0 unspecified atom stereocenters. The Kier molecular flexibility index (Phi) is 6.10. The number of carbonyl (C=O) groups is 2. The molecule has 0 saturated carbocycles. The Hall–Kier alpha value is -3.36. The van der Waals surface area contributed by atoms with Crippen molar-refractivity contribution in [1.29, 1.82) is 0 Å². The number of hydrogen-bond donors (Lipinski definition) is 2. The average molecular weight is 347 g/mol. The zero-order chi connectivity index (χ0) is 18.2. The minimum atomic E-state index is -0.645. The molecule has 0 atom stereocenters. The molecule has 2 aromatic rings. The lowest BCUT2D eigenvalue weighted by Gasteiger charge is -2.10. The Morgan fingerprint density at radius 3 is 2.68 bits per heavy atom. The second-order valence-corrected chi connectivity index (χ2v) is 4.96. The van der Waals surface area contributed by atoms with E-state index < -0.39 is 29.7 Å². The van der Waals surface area contributed by atoms with Crippen LogP contribution in [0.15, 0.2) is 46.1 Å². The minimum absolute atomic E-state index is 0.0303. The molecule has 2 N–H and O–H groups in total. The van der Waals surface area contributed by atoms with Crippen molar-refractivity contribution < 1.29 is 19.1 Å². The highest BCUT2D eigenvalue weighted by Gasteiger charge is 2.10. The number of amides is 1. The molecule has 1 amide bonds. The van der Waals surface area contributed by atoms with Gasteiger partial charge in [-0.05, 0) is 12.1 Å². The summed E-state index contributed by atoms with van der Waals surface area (Å²) in [5, 5.41) is 2.57. The maximum atomic E-state index is 11.8. The summed E-state index contributed by atoms with van der Waals surface area (Å²) >= 11 is 0. The number of aromatic nitrogens is 2. The molecule has 0 aliphatic heterocycles. The molecule has 0 radical (unpaired) electrons. The first kappa shape index (κ1) is 18.0. The molecule has 0 bridgehead atoms. The zero-order valence-corrected chi connectivity index (χ0v) is 13.5. The van der Waals surface area contributed by atoms with Crippen molar-refractivity contribution in [3.8, 4) is 5.75 Å². The number of H-pyrrole nitrogens is 1. The van der Waals surface area contributed by atoms with Gasteiger partial charge in [0.25, 0.3) is 11.5 Å². The van der Waals surface area contributed by atoms with E-state index in [1.54, 1.807) is 24.3 Å². The van der Waals surface area contributed by atoms with Crippen molar-refractivity contribution in [2.75, 3.05) is 19.0 Å². The molecule has 0 aliphatic rings. The highest BCUT2D eigenvalue weighted by atomic mass is 16.5. The largest absolute Gasteiger partial charge is 0.495 e. The number of nitrogens with one attached hydrogen (secondary N) is 2. The summed E-state index contributed by atoms with van der Waals surface area (Å²) in [7, 11) is 1.48. The third-order valence-corrected chi connectivity index (χ3v) is 3.20. The third-order valence-electron chi connectivity index (χ3n) is 3.20. The maximum absolute atomic E-state index is 11.8. The van der Waals surface area contributed by atoms with Crippen molar-refractivity contribution in [3.05, 3.63) is 57.4 Å². The maximum Gasteiger partial charge on any atom is 0.328 e. The molecular formula is C16H17N3O6. The van der Waals surface area contributed by atoms with Gasteiger partial charge < -0.3 is 19.4 Å². The van der Waals surface area contributed by atoms with E-state index in [0.29, 0.717) is 11.4 Å². The van der Waals surface area contributed by atoms with Gasteiger partial charge in [-0.3, -0.25) is 19.4 Å². The minimum Gasteiger partial charge on any atom is -0.495 e. The fourth-order valence-electron chi connectivity index (χ4n) is 1.98. The number of carbonyl (C=O) groups excluding carboxylic acids is 2. The van der Waals surface area contributed by atoms with Crippen LogP contribution in [0, 0.1) is 0 Å². The van der Waals surface area contributed by atoms with E-state index in [1.165, 1.54) is 19.4 Å². The number of aryl methyl sites for hydroxylation is 1. The molecule has 25 heavy (non-hydrogen) atoms. The van der Waals surface area contributed by atoms with Crippen LogP contribution < -0.4 is 21.3 Å². The van der Waals surface area contributed by atoms with Crippen LogP contribution in [0.3, 0.4) is 0 Å². The monoisotopic (exact) mass is 347 g/mol. The first-order valence-corrected chi connectivity index (χ1v) is 7.38. The number of para-hydroxylation sites is 2. The van der Waals surface area contributed by atoms with Crippen molar-refractivity contribution in [2.45, 2.75) is 13.0 Å². The zero-order valence-electron chi connectivity index (χ0n) is 13.5. The fraction of sp³-hybridized carbons (Fsp3) is 0.250. The van der Waals surface area contributed by atoms with Gasteiger partial charge in [-0.15, -0.1) is 0 Å². The average Bonchev–Trinajstić information content (AvgIpc) is 2.59. The predicted octanol–water partition coefficient (Wildman–Crippen LogP) is 0.117. The summed E-state index contributed by atoms with van der Waals surface area (Å²) in [5.74, 6) is -0.674. The molecule has 9 heteroatoms. The number of aromatic amines is 1. The third kappa shape index (κ3) is 5.34. The Balaban J connectivity index is 1.80. The SMILES string of the molecule is COc1ccccc1NC(=O)COC(=O)CCn1ccc(=O)[nH]c1=O. The van der Waals surface area contributed by atoms with E-state index in [2.05, 4.69) is 10.3 Å². The summed E-state index contributed by atoms with van der Waals surface area (Å²) < 4.78 is 11.1. The van der Waals surface area contributed by atoms with E-state index in [4.69, 9.17) is 9.47 Å². The Labute approximate surface area is 142 Å². The van der Waals surface area contributed by atoms with E-state index >= 15 is 0 Å². The lowest BCUT2D eigenvalue weighted by molar-refractivity contribution is -0.147. The summed E-state index contributed by atoms with van der Waals surface area (Å²) in [4.78, 5) is 47.9. The number of nitrogens with zero attached hydrogens (tertiary/aromatic N) is 1. The topological polar surface area (TPSA) is 119 Å². The number of esters is 1. The van der Waals surface area contributed by atoms with Crippen LogP contribution in [0.4, 0.5) is 5.69 Å². The molecule has 2 rings (SSSR count). The molecule has 0 spiro atoms. The first-order chi connectivity index (χ1) is 12.0. The molecular weight excluding hydrogens is 330 g/mol. The lowest BCUT2D eigenvalue weighted by atomic mass is 10.3. The number of ether oxygens (including phenoxy) is 2. The van der Waals surface area contributed by atoms with E-state index in [0.717, 1.165) is 4.57 Å². The van der Waals surface area contributed by atoms with Crippen LogP contribution in [0.2, 0.25) is 0 Å². The number of anilines is 1. The van der Waals surface area contributed by atoms with Crippen molar-refractivity contribution in [3.63, 3.8) is 0 Å². The molecule has 0 fully saturated rings. The molecule has 0 saturated heterocycles. The van der Waals surface area contributed by atoms with Crippen LogP contribution in [0.1, 0.15) is 6.42 Å². The number of methoxy groups -OCH3 is 1. The highest BCUT2D eigenvalue weighted by molar-refractivity contribution is 5.94. The Morgan fingerprint density at radius 1 is 1.20 bits per heavy atom. The van der Waals surface area contributed by atoms with Crippen LogP contribution in [0.25, 0.3) is 0 Å². The second kappa shape index (κ2) is 8.48. The van der Waals surface area contributed by atoms with Crippen LogP contribution in [-0.4, -0.2) is 35.1 Å². The van der Waals surface area contributed by atoms with Gasteiger partial charge in [-0.1, -0.05) is 12.1 Å². The quantitative estimate of drug-likeness (QED) is 0.687. The number of hydrogen-bond acceptors (Lipinski definition) is 6. The molecule has 1 heterocycles. The molecule has 132 valence electrons. The van der Waals surface area contributed by atoms with Crippen molar-refractivity contribution in [2.24, 2.45) is 0 Å². The number of rotatable bonds is 7. The van der Waals surface area contributed by atoms with Gasteiger partial charge in [0.15, 0.2) is 6.61 Å². The lowest BCUT2D eigenvalue weighted by Crippen LogP contribution is -2.29. The fourth-order valence-corrected chi connectivity index (χ4v) is 1.98. The Morgan fingerprint density at radius 2 is 1.96 bits per heavy atom. The summed E-state index contributed by atoms with van der Waals surface area (Å²) in [5.41, 5.74) is -0.670. The van der Waals surface area contributed by atoms with Gasteiger partial charge >= 0.3 is 11.7 Å². The van der Waals surface area contributed by atoms with Gasteiger partial charge in [0.1, 0.15) is 5.75 Å². The number of benzene rings is 1. The normalized spacial score (nSPS) is 10.1. The molecule has 1 aromatic carbocycles. The first-order valence-electron chi connectivity index (χ1n) is 7.38. The second-order valence-electron chi connectivity index (χ2n) is 4.96. The molecule has 0 aliphatic carbocycles. The summed E-state index contributed by atoms with van der Waals surface area (Å²) in [6.07, 6.45) is 1.16. The van der Waals surface area contributed by atoms with Gasteiger partial charge in [-0.25, -0.2) is 4.79 Å². The van der Waals surface area contributed by atoms with Gasteiger partial charge in [0.2, 0.25) is 0 Å². The van der Waals surface area contributed by atoms with E-state index in [-0.39, 0.29) is 13.0 Å². The molecule has 1 aromatic heterocycles. The molecule has 9 nitrogen and oxygen atoms in total.